The van der Waals surface area contributed by atoms with Gasteiger partial charge in [0.25, 0.3) is 0 Å². The van der Waals surface area contributed by atoms with Gasteiger partial charge in [0.2, 0.25) is 0 Å². The second kappa shape index (κ2) is 35.9. The van der Waals surface area contributed by atoms with Crippen LogP contribution in [0, 0.1) is 0 Å². The number of hydrogen-bond donors (Lipinski definition) is 0. The monoisotopic (exact) mass is 1920 g/mol. The Morgan fingerprint density at radius 1 is 0.140 bits per heavy atom. The van der Waals surface area contributed by atoms with Crippen molar-refractivity contribution in [2.24, 2.45) is 0 Å². The largest absolute Gasteiger partial charge is 0.456 e. The molecule has 0 saturated carbocycles. The lowest BCUT2D eigenvalue weighted by Crippen LogP contribution is -1.95. The molecule has 0 saturated heterocycles. The molecular formula is C138H85N9O3. The van der Waals surface area contributed by atoms with Gasteiger partial charge in [-0.1, -0.05) is 370 Å². The number of rotatable bonds is 13. The van der Waals surface area contributed by atoms with Gasteiger partial charge in [-0.25, -0.2) is 29.9 Å². The molecule has 0 aliphatic carbocycles. The van der Waals surface area contributed by atoms with Crippen LogP contribution in [0.3, 0.4) is 0 Å². The minimum atomic E-state index is 0.702. The number of nitrogens with zero attached hydrogens (tertiary/aromatic N) is 9. The van der Waals surface area contributed by atoms with Crippen molar-refractivity contribution in [1.82, 2.24) is 43.6 Å². The number of furan rings is 3. The van der Waals surface area contributed by atoms with Crippen LogP contribution in [0.1, 0.15) is 0 Å². The molecule has 12 heteroatoms. The van der Waals surface area contributed by atoms with Crippen LogP contribution in [0.4, 0.5) is 0 Å². The zero-order valence-electron chi connectivity index (χ0n) is 80.8. The summed E-state index contributed by atoms with van der Waals surface area (Å²) in [7, 11) is 0. The Kier molecular flexibility index (Phi) is 20.7. The quantitative estimate of drug-likeness (QED) is 0.111. The minimum Gasteiger partial charge on any atom is -0.456 e. The first-order valence-electron chi connectivity index (χ1n) is 50.6. The summed E-state index contributed by atoms with van der Waals surface area (Å²) in [6, 6.07) is 180. The van der Waals surface area contributed by atoms with Gasteiger partial charge < -0.3 is 27.0 Å². The third kappa shape index (κ3) is 14.7. The maximum absolute atomic E-state index is 6.70. The number of para-hydroxylation sites is 5. The van der Waals surface area contributed by atoms with Crippen LogP contribution >= 0.6 is 0 Å². The Bertz CT molecular complexity index is 10700. The topological polar surface area (TPSA) is 132 Å². The van der Waals surface area contributed by atoms with Crippen molar-refractivity contribution in [3.8, 4) is 130 Å². The Labute approximate surface area is 859 Å². The van der Waals surface area contributed by atoms with E-state index >= 15 is 0 Å². The van der Waals surface area contributed by atoms with E-state index in [1.165, 1.54) is 76.8 Å². The first kappa shape index (κ1) is 86.3. The normalized spacial score (nSPS) is 11.7. The zero-order valence-corrected chi connectivity index (χ0v) is 80.8. The van der Waals surface area contributed by atoms with Gasteiger partial charge >= 0.3 is 0 Å². The number of fused-ring (bicyclic) bond motifs is 21. The van der Waals surface area contributed by atoms with Crippen LogP contribution in [-0.2, 0) is 0 Å². The molecule has 0 aliphatic heterocycles. The Morgan fingerprint density at radius 2 is 0.407 bits per heavy atom. The second-order valence-electron chi connectivity index (χ2n) is 38.1. The highest BCUT2D eigenvalue weighted by molar-refractivity contribution is 6.21. The molecule has 22 aromatic carbocycles. The lowest BCUT2D eigenvalue weighted by molar-refractivity contribution is 0.668. The smallest absolute Gasteiger partial charge is 0.160 e. The fourth-order valence-corrected chi connectivity index (χ4v) is 22.6. The van der Waals surface area contributed by atoms with E-state index < -0.39 is 0 Å². The van der Waals surface area contributed by atoms with Crippen molar-refractivity contribution in [1.29, 1.82) is 0 Å². The van der Waals surface area contributed by atoms with E-state index in [-0.39, 0.29) is 0 Å². The van der Waals surface area contributed by atoms with Gasteiger partial charge in [0.15, 0.2) is 17.5 Å². The van der Waals surface area contributed by atoms with Crippen molar-refractivity contribution >= 4 is 164 Å². The maximum Gasteiger partial charge on any atom is 0.160 e. The highest BCUT2D eigenvalue weighted by Crippen LogP contribution is 2.49. The predicted molar refractivity (Wildman–Crippen MR) is 618 cm³/mol. The van der Waals surface area contributed by atoms with Crippen molar-refractivity contribution in [2.45, 2.75) is 0 Å². The maximum atomic E-state index is 6.70. The third-order valence-corrected chi connectivity index (χ3v) is 29.4. The Morgan fingerprint density at radius 3 is 0.767 bits per heavy atom. The fraction of sp³-hybridized carbons (Fsp3) is 0. The van der Waals surface area contributed by atoms with E-state index in [2.05, 4.69) is 432 Å². The van der Waals surface area contributed by atoms with Gasteiger partial charge in [-0.15, -0.1) is 0 Å². The summed E-state index contributed by atoms with van der Waals surface area (Å²) in [5.74, 6) is 2.12. The first-order chi connectivity index (χ1) is 74.4. The summed E-state index contributed by atoms with van der Waals surface area (Å²) in [5, 5.41) is 16.7. The molecule has 0 aliphatic rings. The molecule has 150 heavy (non-hydrogen) atoms. The molecule has 0 N–H and O–H groups in total. The van der Waals surface area contributed by atoms with E-state index in [0.717, 1.165) is 199 Å². The summed E-state index contributed by atoms with van der Waals surface area (Å²) < 4.78 is 27.0. The molecule has 0 unspecified atom stereocenters. The van der Waals surface area contributed by atoms with Crippen LogP contribution in [0.15, 0.2) is 529 Å². The van der Waals surface area contributed by atoms with Gasteiger partial charge in [-0.05, 0) is 172 Å². The van der Waals surface area contributed by atoms with Gasteiger partial charge in [-0.2, -0.15) is 0 Å². The average molecular weight is 1920 g/mol. The fourth-order valence-electron chi connectivity index (χ4n) is 22.6. The van der Waals surface area contributed by atoms with Crippen LogP contribution in [0.5, 0.6) is 0 Å². The standard InChI is InChI=1S/C50H31N3O.2C44H27N3O/c1-4-13-32(14-5-1)35-23-27-44-41(29-35)42-30-36(33-15-6-2-7-16-33)24-28-45(42)53(44)37-25-26-39-47(31-37)54-46-22-12-20-40(48(39)46)49-38-19-10-11-21-43(38)51-50(52-49)34-17-8-3-9-18-34;1-3-13-28(14-4-1)31-19-11-23-38-41(31)33-18-8-10-22-37(33)47(38)30-25-26-34-40(27-30)48-39-24-12-20-35(42(34)39)43-32-17-7-9-21-36(32)45-44(46-43)29-15-5-2-6-16-29;1-3-12-28(13-4-1)30-22-25-39-36(26-30)32-16-8-10-20-38(32)47(39)31-23-24-34-41(27-31)48-40-21-11-18-35(42(34)40)43-33-17-7-9-19-37(33)45-44(46-43)29-14-5-2-6-15-29/h1-31H;2*1-27H. The van der Waals surface area contributed by atoms with Crippen molar-refractivity contribution in [2.75, 3.05) is 0 Å². The predicted octanol–water partition coefficient (Wildman–Crippen LogP) is 36.5. The molecule has 31 rings (SSSR count). The molecule has 12 nitrogen and oxygen atoms in total. The van der Waals surface area contributed by atoms with Crippen LogP contribution in [0.2, 0.25) is 0 Å². The number of hydrogen-bond acceptors (Lipinski definition) is 9. The third-order valence-electron chi connectivity index (χ3n) is 29.4. The summed E-state index contributed by atoms with van der Waals surface area (Å²) in [6.07, 6.45) is 0. The lowest BCUT2D eigenvalue weighted by Gasteiger charge is -2.11. The summed E-state index contributed by atoms with van der Waals surface area (Å²) in [4.78, 5) is 30.4. The van der Waals surface area contributed by atoms with Gasteiger partial charge in [0.05, 0.1) is 66.7 Å². The molecule has 700 valence electrons. The average Bonchev–Trinajstić information content (AvgIpc) is 1.59. The van der Waals surface area contributed by atoms with E-state index in [1.54, 1.807) is 0 Å². The molecule has 9 heterocycles. The van der Waals surface area contributed by atoms with Crippen molar-refractivity contribution in [3.05, 3.63) is 516 Å². The molecule has 0 atom stereocenters. The van der Waals surface area contributed by atoms with Crippen LogP contribution in [-0.4, -0.2) is 43.6 Å². The lowest BCUT2D eigenvalue weighted by atomic mass is 9.99. The van der Waals surface area contributed by atoms with Gasteiger partial charge in [0, 0.05) is 149 Å². The molecule has 0 radical (unpaired) electrons. The summed E-state index contributed by atoms with van der Waals surface area (Å²) >= 11 is 0. The van der Waals surface area contributed by atoms with E-state index in [4.69, 9.17) is 43.2 Å². The van der Waals surface area contributed by atoms with Crippen LogP contribution in [0.25, 0.3) is 293 Å². The SMILES string of the molecule is c1ccc(-c2ccc3c(c2)c2cc(-c4ccccc4)ccc2n3-c2ccc3c(c2)oc2cccc(-c4nc(-c5ccccc5)nc5ccccc45)c23)cc1.c1ccc(-c2ccc3c(c2)c2ccccc2n3-c2ccc3c(c2)oc2cccc(-c4nc(-c5ccccc5)nc5ccccc45)c23)cc1.c1ccc(-c2nc(-c3cccc4oc5cc(-n6c7ccccc7c7c(-c8ccccc8)cccc76)ccc5c34)c3ccccc3n2)cc1. The molecule has 31 aromatic rings. The zero-order chi connectivity index (χ0) is 98.8. The molecule has 0 bridgehead atoms. The van der Waals surface area contributed by atoms with E-state index in [1.807, 2.05) is 97.1 Å². The molecule has 0 spiro atoms. The highest BCUT2D eigenvalue weighted by Gasteiger charge is 2.27. The minimum absolute atomic E-state index is 0.702. The Balaban J connectivity index is 0.000000106. The first-order valence-corrected chi connectivity index (χ1v) is 50.6. The molecule has 0 amide bonds. The second-order valence-corrected chi connectivity index (χ2v) is 38.1. The van der Waals surface area contributed by atoms with E-state index in [0.29, 0.717) is 17.5 Å². The molecular weight excluding hydrogens is 1830 g/mol. The van der Waals surface area contributed by atoms with Crippen LogP contribution < -0.4 is 0 Å². The van der Waals surface area contributed by atoms with Crippen molar-refractivity contribution < 1.29 is 13.3 Å². The van der Waals surface area contributed by atoms with Crippen molar-refractivity contribution in [3.63, 3.8) is 0 Å². The highest BCUT2D eigenvalue weighted by atomic mass is 16.3. The van der Waals surface area contributed by atoms with E-state index in [9.17, 15) is 0 Å². The number of benzene rings is 22. The summed E-state index contributed by atoms with van der Waals surface area (Å²) in [6.45, 7) is 0. The molecule has 0 fully saturated rings. The number of aromatic nitrogens is 9. The van der Waals surface area contributed by atoms with Gasteiger partial charge in [0.1, 0.15) is 33.5 Å². The van der Waals surface area contributed by atoms with Gasteiger partial charge in [-0.3, -0.25) is 0 Å². The summed E-state index contributed by atoms with van der Waals surface area (Å²) in [5.41, 5.74) is 36.2. The molecule has 9 aromatic heterocycles. The Hall–Kier alpha value is -20.3.